The van der Waals surface area contributed by atoms with Crippen LogP contribution in [0.3, 0.4) is 0 Å². The van der Waals surface area contributed by atoms with Crippen LogP contribution in [0.15, 0.2) is 24.3 Å². The third-order valence-corrected chi connectivity index (χ3v) is 2.85. The highest BCUT2D eigenvalue weighted by Gasteiger charge is 2.34. The Morgan fingerprint density at radius 2 is 1.76 bits per heavy atom. The van der Waals surface area contributed by atoms with Crippen molar-refractivity contribution < 1.29 is 17.6 Å². The van der Waals surface area contributed by atoms with Crippen molar-refractivity contribution in [2.24, 2.45) is 0 Å². The van der Waals surface area contributed by atoms with Crippen molar-refractivity contribution in [3.63, 3.8) is 0 Å². The Labute approximate surface area is 118 Å². The zero-order chi connectivity index (χ0) is 15.8. The molecule has 2 rings (SSSR count). The molecule has 0 fully saturated rings. The number of anilines is 1. The molecule has 1 aromatic carbocycles. The first-order chi connectivity index (χ1) is 9.68. The van der Waals surface area contributed by atoms with Crippen molar-refractivity contribution in [1.82, 2.24) is 9.97 Å². The van der Waals surface area contributed by atoms with Gasteiger partial charge >= 0.3 is 6.18 Å². The molecule has 0 aliphatic carbocycles. The number of rotatable bonds is 2. The van der Waals surface area contributed by atoms with Crippen LogP contribution in [-0.4, -0.2) is 9.97 Å². The fourth-order valence-electron chi connectivity index (χ4n) is 1.79. The van der Waals surface area contributed by atoms with Crippen LogP contribution in [0, 0.1) is 5.82 Å². The standard InChI is InChI=1S/C14H13F4N3/c1-7(2)13-20-11(6-12(19)21-13)8-3-4-10(15)9(5-8)14(16,17)18/h3-7H,1-2H3,(H2,19,20,21). The number of nitrogens with zero attached hydrogens (tertiary/aromatic N) is 2. The van der Waals surface area contributed by atoms with E-state index >= 15 is 0 Å². The third kappa shape index (κ3) is 3.29. The number of hydrogen-bond donors (Lipinski definition) is 1. The minimum absolute atomic E-state index is 0.0326. The molecule has 0 bridgehead atoms. The molecule has 1 heterocycles. The number of alkyl halides is 3. The van der Waals surface area contributed by atoms with Crippen LogP contribution in [0.4, 0.5) is 23.4 Å². The Balaban J connectivity index is 2.57. The summed E-state index contributed by atoms with van der Waals surface area (Å²) in [5, 5.41) is 0. The average molecular weight is 299 g/mol. The van der Waals surface area contributed by atoms with Crippen LogP contribution in [-0.2, 0) is 6.18 Å². The molecule has 2 N–H and O–H groups in total. The predicted molar refractivity (Wildman–Crippen MR) is 70.9 cm³/mol. The summed E-state index contributed by atoms with van der Waals surface area (Å²) in [6, 6.07) is 4.09. The van der Waals surface area contributed by atoms with Crippen molar-refractivity contribution in [3.05, 3.63) is 41.5 Å². The maximum atomic E-state index is 13.3. The van der Waals surface area contributed by atoms with E-state index in [0.29, 0.717) is 5.82 Å². The summed E-state index contributed by atoms with van der Waals surface area (Å²) in [6.07, 6.45) is -4.76. The third-order valence-electron chi connectivity index (χ3n) is 2.85. The van der Waals surface area contributed by atoms with E-state index < -0.39 is 17.6 Å². The SMILES string of the molecule is CC(C)c1nc(N)cc(-c2ccc(F)c(C(F)(F)F)c2)n1. The van der Waals surface area contributed by atoms with Gasteiger partial charge in [-0.3, -0.25) is 0 Å². The second-order valence-electron chi connectivity index (χ2n) is 4.88. The minimum atomic E-state index is -4.76. The molecule has 0 amide bonds. The summed E-state index contributed by atoms with van der Waals surface area (Å²) >= 11 is 0. The number of nitrogen functional groups attached to an aromatic ring is 1. The highest BCUT2D eigenvalue weighted by molar-refractivity contribution is 5.63. The Morgan fingerprint density at radius 3 is 2.33 bits per heavy atom. The van der Waals surface area contributed by atoms with E-state index in [4.69, 9.17) is 5.73 Å². The largest absolute Gasteiger partial charge is 0.419 e. The van der Waals surface area contributed by atoms with Gasteiger partial charge in [0.1, 0.15) is 17.5 Å². The zero-order valence-electron chi connectivity index (χ0n) is 11.4. The topological polar surface area (TPSA) is 51.8 Å². The molecule has 0 aliphatic rings. The van der Waals surface area contributed by atoms with Crippen molar-refractivity contribution >= 4 is 5.82 Å². The number of hydrogen-bond acceptors (Lipinski definition) is 3. The summed E-state index contributed by atoms with van der Waals surface area (Å²) in [7, 11) is 0. The lowest BCUT2D eigenvalue weighted by atomic mass is 10.1. The second kappa shape index (κ2) is 5.31. The van der Waals surface area contributed by atoms with Gasteiger partial charge in [0, 0.05) is 17.5 Å². The van der Waals surface area contributed by atoms with E-state index in [1.807, 2.05) is 13.8 Å². The van der Waals surface area contributed by atoms with E-state index in [1.54, 1.807) is 0 Å². The van der Waals surface area contributed by atoms with E-state index in [0.717, 1.165) is 12.1 Å². The Morgan fingerprint density at radius 1 is 1.10 bits per heavy atom. The van der Waals surface area contributed by atoms with Gasteiger partial charge in [-0.05, 0) is 18.2 Å². The molecular weight excluding hydrogens is 286 g/mol. The fraction of sp³-hybridized carbons (Fsp3) is 0.286. The first-order valence-electron chi connectivity index (χ1n) is 6.20. The molecule has 2 aromatic rings. The molecule has 112 valence electrons. The van der Waals surface area contributed by atoms with E-state index in [1.165, 1.54) is 12.1 Å². The molecule has 0 unspecified atom stereocenters. The van der Waals surface area contributed by atoms with Gasteiger partial charge in [-0.15, -0.1) is 0 Å². The molecule has 3 nitrogen and oxygen atoms in total. The molecule has 21 heavy (non-hydrogen) atoms. The average Bonchev–Trinajstić information content (AvgIpc) is 2.37. The number of benzene rings is 1. The van der Waals surface area contributed by atoms with Gasteiger partial charge in [0.2, 0.25) is 0 Å². The molecular formula is C14H13F4N3. The Kier molecular flexibility index (Phi) is 3.85. The molecule has 0 atom stereocenters. The first kappa shape index (κ1) is 15.2. The Hall–Kier alpha value is -2.18. The number of aromatic nitrogens is 2. The van der Waals surface area contributed by atoms with Gasteiger partial charge in [-0.2, -0.15) is 13.2 Å². The summed E-state index contributed by atoms with van der Waals surface area (Å²) < 4.78 is 51.5. The van der Waals surface area contributed by atoms with Gasteiger partial charge in [-0.1, -0.05) is 13.8 Å². The van der Waals surface area contributed by atoms with Gasteiger partial charge < -0.3 is 5.73 Å². The summed E-state index contributed by atoms with van der Waals surface area (Å²) in [6.45, 7) is 3.68. The summed E-state index contributed by atoms with van der Waals surface area (Å²) in [4.78, 5) is 8.19. The van der Waals surface area contributed by atoms with Gasteiger partial charge in [0.15, 0.2) is 0 Å². The van der Waals surface area contributed by atoms with Gasteiger partial charge in [0.05, 0.1) is 11.3 Å². The van der Waals surface area contributed by atoms with Gasteiger partial charge in [-0.25, -0.2) is 14.4 Å². The maximum absolute atomic E-state index is 13.3. The number of nitrogens with two attached hydrogens (primary N) is 1. The second-order valence-corrected chi connectivity index (χ2v) is 4.88. The smallest absolute Gasteiger partial charge is 0.384 e. The van der Waals surface area contributed by atoms with E-state index in [2.05, 4.69) is 9.97 Å². The summed E-state index contributed by atoms with van der Waals surface area (Å²) in [5.41, 5.74) is 4.68. The van der Waals surface area contributed by atoms with Crippen LogP contribution in [0.25, 0.3) is 11.3 Å². The molecule has 7 heteroatoms. The van der Waals surface area contributed by atoms with E-state index in [-0.39, 0.29) is 23.0 Å². The minimum Gasteiger partial charge on any atom is -0.384 e. The van der Waals surface area contributed by atoms with Crippen molar-refractivity contribution in [1.29, 1.82) is 0 Å². The predicted octanol–water partition coefficient (Wildman–Crippen LogP) is 4.01. The monoisotopic (exact) mass is 299 g/mol. The molecule has 0 spiro atoms. The molecule has 0 saturated heterocycles. The first-order valence-corrected chi connectivity index (χ1v) is 6.20. The normalized spacial score (nSPS) is 12.0. The highest BCUT2D eigenvalue weighted by atomic mass is 19.4. The van der Waals surface area contributed by atoms with Crippen molar-refractivity contribution in [3.8, 4) is 11.3 Å². The molecule has 0 radical (unpaired) electrons. The van der Waals surface area contributed by atoms with Crippen LogP contribution in [0.5, 0.6) is 0 Å². The quantitative estimate of drug-likeness (QED) is 0.852. The van der Waals surface area contributed by atoms with Crippen molar-refractivity contribution in [2.45, 2.75) is 25.9 Å². The van der Waals surface area contributed by atoms with E-state index in [9.17, 15) is 17.6 Å². The lowest BCUT2D eigenvalue weighted by molar-refractivity contribution is -0.139. The number of halogens is 4. The molecule has 1 aromatic heterocycles. The van der Waals surface area contributed by atoms with Crippen LogP contribution >= 0.6 is 0 Å². The van der Waals surface area contributed by atoms with Crippen LogP contribution in [0.2, 0.25) is 0 Å². The lowest BCUT2D eigenvalue weighted by Crippen LogP contribution is -2.08. The van der Waals surface area contributed by atoms with Crippen LogP contribution < -0.4 is 5.73 Å². The van der Waals surface area contributed by atoms with Gasteiger partial charge in [0.25, 0.3) is 0 Å². The van der Waals surface area contributed by atoms with Crippen LogP contribution in [0.1, 0.15) is 31.2 Å². The zero-order valence-corrected chi connectivity index (χ0v) is 11.4. The molecule has 0 aliphatic heterocycles. The van der Waals surface area contributed by atoms with Crippen molar-refractivity contribution in [2.75, 3.05) is 5.73 Å². The fourth-order valence-corrected chi connectivity index (χ4v) is 1.79. The lowest BCUT2D eigenvalue weighted by Gasteiger charge is -2.11. The highest BCUT2D eigenvalue weighted by Crippen LogP contribution is 2.34. The Bertz CT molecular complexity index is 666. The maximum Gasteiger partial charge on any atom is 0.419 e. The summed E-state index contributed by atoms with van der Waals surface area (Å²) in [5.74, 6) is -0.781. The molecule has 0 saturated carbocycles.